The maximum absolute atomic E-state index is 9.02. The molecule has 2 heteroatoms. The molecule has 0 aliphatic heterocycles. The first kappa shape index (κ1) is 14.2. The van der Waals surface area contributed by atoms with Crippen LogP contribution in [0.15, 0.2) is 58.3 Å². The Hall–Kier alpha value is -1.25. The van der Waals surface area contributed by atoms with E-state index < -0.39 is 0 Å². The molecule has 2 aromatic carbocycles. The highest BCUT2D eigenvalue weighted by atomic mass is 32.2. The zero-order chi connectivity index (χ0) is 13.9. The Kier molecular flexibility index (Phi) is 4.33. The summed E-state index contributed by atoms with van der Waals surface area (Å²) < 4.78 is 0. The minimum Gasteiger partial charge on any atom is -0.392 e. The van der Waals surface area contributed by atoms with Crippen LogP contribution in [0.5, 0.6) is 0 Å². The molecule has 100 valence electrons. The Morgan fingerprint density at radius 1 is 0.842 bits per heavy atom. The molecule has 19 heavy (non-hydrogen) atoms. The lowest BCUT2D eigenvalue weighted by Crippen LogP contribution is -2.10. The van der Waals surface area contributed by atoms with E-state index in [2.05, 4.69) is 45.0 Å². The number of hydrogen-bond donors (Lipinski definition) is 1. The third-order valence-corrected chi connectivity index (χ3v) is 4.08. The van der Waals surface area contributed by atoms with Crippen LogP contribution in [0, 0.1) is 0 Å². The van der Waals surface area contributed by atoms with Gasteiger partial charge in [-0.25, -0.2) is 0 Å². The first-order chi connectivity index (χ1) is 8.99. The quantitative estimate of drug-likeness (QED) is 0.879. The van der Waals surface area contributed by atoms with E-state index in [1.54, 1.807) is 11.8 Å². The molecule has 0 saturated carbocycles. The van der Waals surface area contributed by atoms with Gasteiger partial charge in [-0.1, -0.05) is 56.8 Å². The van der Waals surface area contributed by atoms with E-state index in [1.807, 2.05) is 24.3 Å². The molecule has 0 bridgehead atoms. The summed E-state index contributed by atoms with van der Waals surface area (Å²) in [5.74, 6) is 0. The van der Waals surface area contributed by atoms with E-state index >= 15 is 0 Å². The molecule has 0 radical (unpaired) electrons. The Morgan fingerprint density at radius 2 is 1.32 bits per heavy atom. The summed E-state index contributed by atoms with van der Waals surface area (Å²) in [6.07, 6.45) is 0. The van der Waals surface area contributed by atoms with Crippen molar-refractivity contribution in [3.05, 3.63) is 59.7 Å². The fraction of sp³-hybridized carbons (Fsp3) is 0.294. The zero-order valence-corrected chi connectivity index (χ0v) is 12.5. The molecule has 2 rings (SSSR count). The van der Waals surface area contributed by atoms with E-state index in [-0.39, 0.29) is 12.0 Å². The first-order valence-electron chi connectivity index (χ1n) is 6.47. The topological polar surface area (TPSA) is 20.2 Å². The number of rotatable bonds is 3. The maximum Gasteiger partial charge on any atom is 0.0681 e. The summed E-state index contributed by atoms with van der Waals surface area (Å²) >= 11 is 1.74. The van der Waals surface area contributed by atoms with Crippen LogP contribution in [0.4, 0.5) is 0 Å². The summed E-state index contributed by atoms with van der Waals surface area (Å²) in [7, 11) is 0. The van der Waals surface area contributed by atoms with Crippen molar-refractivity contribution in [3.8, 4) is 0 Å². The van der Waals surface area contributed by atoms with Crippen molar-refractivity contribution in [2.24, 2.45) is 0 Å². The van der Waals surface area contributed by atoms with Gasteiger partial charge in [-0.15, -0.1) is 0 Å². The van der Waals surface area contributed by atoms with Gasteiger partial charge in [0.1, 0.15) is 0 Å². The number of benzene rings is 2. The largest absolute Gasteiger partial charge is 0.392 e. The predicted molar refractivity (Wildman–Crippen MR) is 81.6 cm³/mol. The molecule has 0 fully saturated rings. The van der Waals surface area contributed by atoms with Gasteiger partial charge >= 0.3 is 0 Å². The minimum absolute atomic E-state index is 0.102. The molecule has 0 saturated heterocycles. The van der Waals surface area contributed by atoms with Crippen molar-refractivity contribution in [2.45, 2.75) is 42.6 Å². The van der Waals surface area contributed by atoms with Crippen molar-refractivity contribution in [1.82, 2.24) is 0 Å². The van der Waals surface area contributed by atoms with E-state index in [9.17, 15) is 0 Å². The van der Waals surface area contributed by atoms with E-state index in [1.165, 1.54) is 15.4 Å². The average molecular weight is 272 g/mol. The van der Waals surface area contributed by atoms with Gasteiger partial charge < -0.3 is 5.11 Å². The van der Waals surface area contributed by atoms with Crippen LogP contribution in [0.1, 0.15) is 31.9 Å². The Balaban J connectivity index is 2.10. The third kappa shape index (κ3) is 3.85. The lowest BCUT2D eigenvalue weighted by atomic mass is 9.87. The second-order valence-corrected chi connectivity index (χ2v) is 6.83. The summed E-state index contributed by atoms with van der Waals surface area (Å²) in [6.45, 7) is 6.78. The predicted octanol–water partition coefficient (Wildman–Crippen LogP) is 4.63. The van der Waals surface area contributed by atoms with Crippen molar-refractivity contribution in [3.63, 3.8) is 0 Å². The van der Waals surface area contributed by atoms with E-state index in [0.29, 0.717) is 0 Å². The molecule has 0 aromatic heterocycles. The fourth-order valence-corrected chi connectivity index (χ4v) is 2.64. The molecule has 0 atom stereocenters. The number of aliphatic hydroxyl groups is 1. The van der Waals surface area contributed by atoms with Crippen LogP contribution in [-0.4, -0.2) is 5.11 Å². The monoisotopic (exact) mass is 272 g/mol. The van der Waals surface area contributed by atoms with Gasteiger partial charge in [0.15, 0.2) is 0 Å². The third-order valence-electron chi connectivity index (χ3n) is 3.06. The molecular weight excluding hydrogens is 252 g/mol. The number of aliphatic hydroxyl groups excluding tert-OH is 1. The molecule has 1 N–H and O–H groups in total. The molecular formula is C17H20OS. The highest BCUT2D eigenvalue weighted by Gasteiger charge is 2.12. The summed E-state index contributed by atoms with van der Waals surface area (Å²) in [4.78, 5) is 2.44. The zero-order valence-electron chi connectivity index (χ0n) is 11.7. The molecule has 1 nitrogen and oxygen atoms in total. The highest BCUT2D eigenvalue weighted by Crippen LogP contribution is 2.30. The SMILES string of the molecule is CC(C)(C)c1ccc(Sc2ccc(CO)cc2)cc1. The summed E-state index contributed by atoms with van der Waals surface area (Å²) in [5.41, 5.74) is 2.51. The van der Waals surface area contributed by atoms with Crippen LogP contribution in [0.2, 0.25) is 0 Å². The van der Waals surface area contributed by atoms with Crippen LogP contribution in [-0.2, 0) is 12.0 Å². The standard InChI is InChI=1S/C17H20OS/c1-17(2,3)14-6-10-16(11-7-14)19-15-8-4-13(12-18)5-9-15/h4-11,18H,12H2,1-3H3. The normalized spacial score (nSPS) is 11.6. The van der Waals surface area contributed by atoms with Crippen molar-refractivity contribution in [1.29, 1.82) is 0 Å². The second-order valence-electron chi connectivity index (χ2n) is 5.68. The fourth-order valence-electron chi connectivity index (χ4n) is 1.82. The molecule has 0 aliphatic rings. The Morgan fingerprint density at radius 3 is 1.74 bits per heavy atom. The van der Waals surface area contributed by atoms with Crippen LogP contribution >= 0.6 is 11.8 Å². The maximum atomic E-state index is 9.02. The van der Waals surface area contributed by atoms with Gasteiger partial charge in [-0.05, 0) is 40.8 Å². The van der Waals surface area contributed by atoms with Gasteiger partial charge in [0, 0.05) is 9.79 Å². The minimum atomic E-state index is 0.102. The molecule has 0 spiro atoms. The number of hydrogen-bond acceptors (Lipinski definition) is 2. The lowest BCUT2D eigenvalue weighted by Gasteiger charge is -2.19. The second kappa shape index (κ2) is 5.81. The van der Waals surface area contributed by atoms with Crippen LogP contribution in [0.3, 0.4) is 0 Å². The van der Waals surface area contributed by atoms with E-state index in [0.717, 1.165) is 5.56 Å². The molecule has 0 heterocycles. The van der Waals surface area contributed by atoms with Crippen molar-refractivity contribution < 1.29 is 5.11 Å². The van der Waals surface area contributed by atoms with Gasteiger partial charge in [0.25, 0.3) is 0 Å². The van der Waals surface area contributed by atoms with Gasteiger partial charge in [0.2, 0.25) is 0 Å². The Bertz CT molecular complexity index is 521. The van der Waals surface area contributed by atoms with Gasteiger partial charge in [-0.2, -0.15) is 0 Å². The van der Waals surface area contributed by atoms with Gasteiger partial charge in [0.05, 0.1) is 6.61 Å². The molecule has 0 aliphatic carbocycles. The summed E-state index contributed by atoms with van der Waals surface area (Å²) in [6, 6.07) is 16.8. The summed E-state index contributed by atoms with van der Waals surface area (Å²) in [5, 5.41) is 9.02. The lowest BCUT2D eigenvalue weighted by molar-refractivity contribution is 0.282. The van der Waals surface area contributed by atoms with Crippen LogP contribution < -0.4 is 0 Å². The highest BCUT2D eigenvalue weighted by molar-refractivity contribution is 7.99. The van der Waals surface area contributed by atoms with Crippen molar-refractivity contribution >= 4 is 11.8 Å². The van der Waals surface area contributed by atoms with Gasteiger partial charge in [-0.3, -0.25) is 0 Å². The van der Waals surface area contributed by atoms with Crippen LogP contribution in [0.25, 0.3) is 0 Å². The first-order valence-corrected chi connectivity index (χ1v) is 7.29. The molecule has 0 unspecified atom stereocenters. The molecule has 2 aromatic rings. The molecule has 0 amide bonds. The average Bonchev–Trinajstić information content (AvgIpc) is 2.39. The van der Waals surface area contributed by atoms with Crippen molar-refractivity contribution in [2.75, 3.05) is 0 Å². The smallest absolute Gasteiger partial charge is 0.0681 e. The van der Waals surface area contributed by atoms with E-state index in [4.69, 9.17) is 5.11 Å². The Labute approximate surface area is 119 Å².